The van der Waals surface area contributed by atoms with Crippen molar-refractivity contribution in [3.05, 3.63) is 52.8 Å². The Balaban J connectivity index is 1.77. The summed E-state index contributed by atoms with van der Waals surface area (Å²) in [6.07, 6.45) is 0. The number of nitriles is 1. The molecule has 0 spiro atoms. The number of nitrogens with zero attached hydrogens (tertiary/aromatic N) is 2. The molecule has 0 unspecified atom stereocenters. The minimum absolute atomic E-state index is 0.0781. The zero-order valence-electron chi connectivity index (χ0n) is 11.4. The highest BCUT2D eigenvalue weighted by Crippen LogP contribution is 2.28. The predicted molar refractivity (Wildman–Crippen MR) is 88.4 cm³/mol. The van der Waals surface area contributed by atoms with E-state index in [0.717, 1.165) is 10.8 Å². The summed E-state index contributed by atoms with van der Waals surface area (Å²) in [5.41, 5.74) is 0.870. The van der Waals surface area contributed by atoms with E-state index < -0.39 is 11.8 Å². The summed E-state index contributed by atoms with van der Waals surface area (Å²) in [6.45, 7) is 0. The van der Waals surface area contributed by atoms with Crippen LogP contribution in [0.2, 0.25) is 5.02 Å². The second kappa shape index (κ2) is 6.20. The third-order valence-corrected chi connectivity index (χ3v) is 4.08. The van der Waals surface area contributed by atoms with Crippen LogP contribution < -0.4 is 10.6 Å². The topological polar surface area (TPSA) is 77.8 Å². The number of hydrogen-bond acceptors (Lipinski definition) is 4. The number of amides is 2. The predicted octanol–water partition coefficient (Wildman–Crippen LogP) is 4.60. The second-order valence-electron chi connectivity index (χ2n) is 4.52. The summed E-state index contributed by atoms with van der Waals surface area (Å²) in [4.78, 5) is 16.2. The maximum absolute atomic E-state index is 13.6. The van der Waals surface area contributed by atoms with Crippen LogP contribution >= 0.6 is 22.9 Å². The first kappa shape index (κ1) is 15.2. The monoisotopic (exact) mass is 346 g/mol. The van der Waals surface area contributed by atoms with Gasteiger partial charge in [-0.1, -0.05) is 22.9 Å². The van der Waals surface area contributed by atoms with Gasteiger partial charge in [-0.25, -0.2) is 14.2 Å². The maximum Gasteiger partial charge on any atom is 0.325 e. The third-order valence-electron chi connectivity index (χ3n) is 2.91. The van der Waals surface area contributed by atoms with Gasteiger partial charge in [-0.3, -0.25) is 5.32 Å². The molecular formula is C15H8ClFN4OS. The summed E-state index contributed by atoms with van der Waals surface area (Å²) in [6, 6.07) is 10.1. The lowest BCUT2D eigenvalue weighted by Crippen LogP contribution is -2.20. The van der Waals surface area contributed by atoms with E-state index >= 15 is 0 Å². The quantitative estimate of drug-likeness (QED) is 0.711. The number of fused-ring (bicyclic) bond motifs is 1. The number of anilines is 2. The minimum atomic E-state index is -0.649. The minimum Gasteiger partial charge on any atom is -0.305 e. The molecule has 3 rings (SSSR count). The molecule has 0 aliphatic rings. The van der Waals surface area contributed by atoms with Gasteiger partial charge in [0.15, 0.2) is 5.13 Å². The van der Waals surface area contributed by atoms with Gasteiger partial charge in [0.1, 0.15) is 5.82 Å². The van der Waals surface area contributed by atoms with Gasteiger partial charge in [-0.05, 0) is 36.4 Å². The molecule has 2 aromatic carbocycles. The number of urea groups is 1. The van der Waals surface area contributed by atoms with Gasteiger partial charge < -0.3 is 5.32 Å². The maximum atomic E-state index is 13.6. The van der Waals surface area contributed by atoms with Crippen molar-refractivity contribution in [2.45, 2.75) is 0 Å². The molecule has 0 radical (unpaired) electrons. The van der Waals surface area contributed by atoms with E-state index in [1.165, 1.54) is 23.5 Å². The molecule has 0 bridgehead atoms. The second-order valence-corrected chi connectivity index (χ2v) is 5.98. The van der Waals surface area contributed by atoms with Crippen molar-refractivity contribution in [3.8, 4) is 6.07 Å². The van der Waals surface area contributed by atoms with E-state index in [4.69, 9.17) is 16.9 Å². The first-order valence-electron chi connectivity index (χ1n) is 6.39. The van der Waals surface area contributed by atoms with Crippen molar-refractivity contribution in [2.75, 3.05) is 10.6 Å². The molecule has 0 atom stereocenters. The van der Waals surface area contributed by atoms with Crippen molar-refractivity contribution in [2.24, 2.45) is 0 Å². The molecule has 3 aromatic rings. The van der Waals surface area contributed by atoms with Crippen LogP contribution in [0.4, 0.5) is 20.0 Å². The van der Waals surface area contributed by atoms with Crippen LogP contribution in [0.3, 0.4) is 0 Å². The number of halogens is 2. The van der Waals surface area contributed by atoms with E-state index in [1.807, 2.05) is 6.07 Å². The van der Waals surface area contributed by atoms with Gasteiger partial charge in [-0.15, -0.1) is 0 Å². The molecule has 0 fully saturated rings. The van der Waals surface area contributed by atoms with E-state index in [0.29, 0.717) is 15.7 Å². The van der Waals surface area contributed by atoms with Gasteiger partial charge in [0.2, 0.25) is 0 Å². The van der Waals surface area contributed by atoms with Crippen molar-refractivity contribution >= 4 is 50.0 Å². The molecular weight excluding hydrogens is 339 g/mol. The lowest BCUT2D eigenvalue weighted by atomic mass is 10.2. The van der Waals surface area contributed by atoms with Crippen LogP contribution in [-0.4, -0.2) is 11.0 Å². The van der Waals surface area contributed by atoms with Crippen LogP contribution in [0.25, 0.3) is 10.2 Å². The highest BCUT2D eigenvalue weighted by Gasteiger charge is 2.11. The van der Waals surface area contributed by atoms with Crippen LogP contribution in [0.15, 0.2) is 36.4 Å². The Kier molecular flexibility index (Phi) is 4.10. The van der Waals surface area contributed by atoms with Crippen LogP contribution in [0, 0.1) is 17.1 Å². The molecule has 23 heavy (non-hydrogen) atoms. The van der Waals surface area contributed by atoms with E-state index in [9.17, 15) is 9.18 Å². The van der Waals surface area contributed by atoms with E-state index in [2.05, 4.69) is 15.6 Å². The van der Waals surface area contributed by atoms with Gasteiger partial charge in [0, 0.05) is 5.02 Å². The van der Waals surface area contributed by atoms with Crippen molar-refractivity contribution in [1.29, 1.82) is 5.26 Å². The average molecular weight is 347 g/mol. The lowest BCUT2D eigenvalue weighted by Gasteiger charge is -2.06. The zero-order chi connectivity index (χ0) is 16.4. The van der Waals surface area contributed by atoms with Gasteiger partial charge in [0.05, 0.1) is 27.5 Å². The molecule has 0 saturated heterocycles. The van der Waals surface area contributed by atoms with E-state index in [-0.39, 0.29) is 11.3 Å². The molecule has 8 heteroatoms. The number of carbonyl (C=O) groups is 1. The molecule has 0 aliphatic carbocycles. The van der Waals surface area contributed by atoms with Gasteiger partial charge in [-0.2, -0.15) is 5.26 Å². The Morgan fingerprint density at radius 3 is 2.87 bits per heavy atom. The SMILES string of the molecule is N#Cc1ccc(F)c(NC(=O)Nc2nc3ccc(Cl)cc3s2)c1. The van der Waals surface area contributed by atoms with Crippen molar-refractivity contribution in [3.63, 3.8) is 0 Å². The summed E-state index contributed by atoms with van der Waals surface area (Å²) in [5.74, 6) is -0.629. The highest BCUT2D eigenvalue weighted by atomic mass is 35.5. The first-order chi connectivity index (χ1) is 11.0. The fraction of sp³-hybridized carbons (Fsp3) is 0. The standard InChI is InChI=1S/C15H8ClFN4OS/c16-9-2-4-11-13(6-9)23-15(20-11)21-14(22)19-12-5-8(7-18)1-3-10(12)17/h1-6H,(H2,19,20,21,22). The average Bonchev–Trinajstić information content (AvgIpc) is 2.90. The molecule has 1 aromatic heterocycles. The van der Waals surface area contributed by atoms with Crippen LogP contribution in [-0.2, 0) is 0 Å². The number of hydrogen-bond donors (Lipinski definition) is 2. The molecule has 2 N–H and O–H groups in total. The molecule has 2 amide bonds. The zero-order valence-corrected chi connectivity index (χ0v) is 13.0. The fourth-order valence-electron chi connectivity index (χ4n) is 1.89. The first-order valence-corrected chi connectivity index (χ1v) is 7.58. The fourth-order valence-corrected chi connectivity index (χ4v) is 3.03. The molecule has 5 nitrogen and oxygen atoms in total. The smallest absolute Gasteiger partial charge is 0.305 e. The Bertz CT molecular complexity index is 950. The highest BCUT2D eigenvalue weighted by molar-refractivity contribution is 7.22. The summed E-state index contributed by atoms with van der Waals surface area (Å²) < 4.78 is 14.5. The number of thiazole rings is 1. The van der Waals surface area contributed by atoms with Crippen molar-refractivity contribution < 1.29 is 9.18 Å². The number of rotatable bonds is 2. The Hall–Kier alpha value is -2.69. The Morgan fingerprint density at radius 1 is 1.26 bits per heavy atom. The molecule has 1 heterocycles. The normalized spacial score (nSPS) is 10.3. The Labute approximate surface area is 139 Å². The largest absolute Gasteiger partial charge is 0.325 e. The van der Waals surface area contributed by atoms with Crippen molar-refractivity contribution in [1.82, 2.24) is 4.98 Å². The van der Waals surface area contributed by atoms with Gasteiger partial charge >= 0.3 is 6.03 Å². The molecule has 0 saturated carbocycles. The van der Waals surface area contributed by atoms with Crippen LogP contribution in [0.1, 0.15) is 5.56 Å². The van der Waals surface area contributed by atoms with E-state index in [1.54, 1.807) is 18.2 Å². The molecule has 114 valence electrons. The van der Waals surface area contributed by atoms with Crippen LogP contribution in [0.5, 0.6) is 0 Å². The molecule has 0 aliphatic heterocycles. The summed E-state index contributed by atoms with van der Waals surface area (Å²) >= 11 is 7.15. The Morgan fingerprint density at radius 2 is 2.09 bits per heavy atom. The number of carbonyl (C=O) groups excluding carboxylic acids is 1. The third kappa shape index (κ3) is 3.39. The summed E-state index contributed by atoms with van der Waals surface area (Å²) in [7, 11) is 0. The lowest BCUT2D eigenvalue weighted by molar-refractivity contribution is 0.262. The summed E-state index contributed by atoms with van der Waals surface area (Å²) in [5, 5.41) is 14.6. The number of benzene rings is 2. The number of aromatic nitrogens is 1. The number of nitrogens with one attached hydrogen (secondary N) is 2. The van der Waals surface area contributed by atoms with Gasteiger partial charge in [0.25, 0.3) is 0 Å².